The Kier molecular flexibility index (Phi) is 9.88. The molecule has 1 atom stereocenters. The molecular weight excluding hydrogens is 713 g/mol. The van der Waals surface area contributed by atoms with Gasteiger partial charge in [0.15, 0.2) is 4.80 Å². The number of carbonyl (C=O) groups is 1. The van der Waals surface area contributed by atoms with Crippen molar-refractivity contribution in [1.82, 2.24) is 4.57 Å². The minimum absolute atomic E-state index is 0.156. The van der Waals surface area contributed by atoms with Crippen LogP contribution >= 0.6 is 45.5 Å². The van der Waals surface area contributed by atoms with E-state index in [9.17, 15) is 14.9 Å². The molecule has 1 aromatic heterocycles. The van der Waals surface area contributed by atoms with Gasteiger partial charge in [0.2, 0.25) is 0 Å². The van der Waals surface area contributed by atoms with Gasteiger partial charge in [-0.1, -0.05) is 53.3 Å². The summed E-state index contributed by atoms with van der Waals surface area (Å²) in [5.74, 6) is 0.683. The minimum Gasteiger partial charge on any atom is -0.494 e. The van der Waals surface area contributed by atoms with Crippen molar-refractivity contribution in [2.24, 2.45) is 4.99 Å². The first-order chi connectivity index (χ1) is 21.2. The largest absolute Gasteiger partial charge is 0.494 e. The first-order valence-corrected chi connectivity index (χ1v) is 16.0. The van der Waals surface area contributed by atoms with Crippen molar-refractivity contribution in [1.29, 1.82) is 5.26 Å². The van der Waals surface area contributed by atoms with Crippen LogP contribution in [0.5, 0.6) is 11.5 Å². The zero-order valence-corrected chi connectivity index (χ0v) is 27.8. The molecule has 0 aliphatic carbocycles. The molecule has 0 N–H and O–H groups in total. The van der Waals surface area contributed by atoms with Gasteiger partial charge in [-0.3, -0.25) is 9.36 Å². The van der Waals surface area contributed by atoms with Crippen LogP contribution < -0.4 is 24.4 Å². The van der Waals surface area contributed by atoms with E-state index in [2.05, 4.69) is 33.7 Å². The Labute approximate surface area is 276 Å². The summed E-state index contributed by atoms with van der Waals surface area (Å²) in [5.41, 5.74) is 3.03. The summed E-state index contributed by atoms with van der Waals surface area (Å²) in [6.45, 7) is 6.24. The van der Waals surface area contributed by atoms with Crippen LogP contribution in [0.2, 0.25) is 5.02 Å². The van der Waals surface area contributed by atoms with E-state index in [4.69, 9.17) is 25.8 Å². The molecule has 4 aromatic rings. The van der Waals surface area contributed by atoms with Gasteiger partial charge in [0.05, 0.1) is 50.3 Å². The molecule has 0 unspecified atom stereocenters. The number of nitrogens with zero attached hydrogens (tertiary/aromatic N) is 3. The average molecular weight is 740 g/mol. The molecule has 0 saturated heterocycles. The van der Waals surface area contributed by atoms with E-state index in [0.29, 0.717) is 54.9 Å². The molecule has 1 aliphatic rings. The van der Waals surface area contributed by atoms with Crippen molar-refractivity contribution >= 4 is 57.6 Å². The number of aromatic nitrogens is 1. The fourth-order valence-electron chi connectivity index (χ4n) is 4.91. The Morgan fingerprint density at radius 3 is 2.59 bits per heavy atom. The van der Waals surface area contributed by atoms with Gasteiger partial charge >= 0.3 is 5.97 Å². The molecule has 1 aliphatic heterocycles. The monoisotopic (exact) mass is 739 g/mol. The van der Waals surface area contributed by atoms with Gasteiger partial charge in [0.1, 0.15) is 18.1 Å². The molecule has 3 aromatic carbocycles. The van der Waals surface area contributed by atoms with Crippen molar-refractivity contribution in [3.8, 4) is 17.6 Å². The van der Waals surface area contributed by atoms with Crippen LogP contribution in [-0.2, 0) is 16.1 Å². The number of halogens is 2. The van der Waals surface area contributed by atoms with Crippen molar-refractivity contribution in [3.63, 3.8) is 0 Å². The summed E-state index contributed by atoms with van der Waals surface area (Å²) in [5, 5.41) is 9.97. The summed E-state index contributed by atoms with van der Waals surface area (Å²) >= 11 is 9.80. The van der Waals surface area contributed by atoms with Crippen LogP contribution in [0.25, 0.3) is 6.08 Å². The quantitative estimate of drug-likeness (QED) is 0.156. The molecule has 5 rings (SSSR count). The maximum absolute atomic E-state index is 14.1. The summed E-state index contributed by atoms with van der Waals surface area (Å²) in [7, 11) is 0. The number of ether oxygens (including phenoxy) is 3. The Morgan fingerprint density at radius 2 is 1.89 bits per heavy atom. The SMILES string of the molecule is CCOC(=O)C1=C(C)N=c2s/c(=C\c3cc(Cl)cc(I)c3OCc3ccccc3C#N)c(=O)n2[C@@H]1c1ccc(OCC)cc1. The summed E-state index contributed by atoms with van der Waals surface area (Å²) in [6.07, 6.45) is 1.72. The van der Waals surface area contributed by atoms with E-state index in [1.807, 2.05) is 43.3 Å². The molecule has 0 amide bonds. The van der Waals surface area contributed by atoms with Gasteiger partial charge < -0.3 is 14.2 Å². The second-order valence-electron chi connectivity index (χ2n) is 9.67. The first kappa shape index (κ1) is 31.5. The molecule has 0 spiro atoms. The highest BCUT2D eigenvalue weighted by atomic mass is 127. The number of thiazole rings is 1. The lowest BCUT2D eigenvalue weighted by atomic mass is 9.96. The molecule has 8 nitrogen and oxygen atoms in total. The smallest absolute Gasteiger partial charge is 0.338 e. The summed E-state index contributed by atoms with van der Waals surface area (Å²) < 4.78 is 19.9. The lowest BCUT2D eigenvalue weighted by Gasteiger charge is -2.24. The minimum atomic E-state index is -0.749. The molecule has 2 heterocycles. The second kappa shape index (κ2) is 13.8. The van der Waals surface area contributed by atoms with E-state index in [-0.39, 0.29) is 18.8 Å². The Balaban J connectivity index is 1.64. The van der Waals surface area contributed by atoms with Gasteiger partial charge in [0.25, 0.3) is 5.56 Å². The molecular formula is C33H27ClIN3O5S. The number of benzene rings is 3. The topological polar surface area (TPSA) is 103 Å². The Bertz CT molecular complexity index is 1990. The van der Waals surface area contributed by atoms with Gasteiger partial charge in [-0.05, 0) is 85.3 Å². The van der Waals surface area contributed by atoms with Crippen LogP contribution in [0.4, 0.5) is 0 Å². The lowest BCUT2D eigenvalue weighted by Crippen LogP contribution is -2.39. The first-order valence-electron chi connectivity index (χ1n) is 13.8. The fourth-order valence-corrected chi connectivity index (χ4v) is 7.16. The zero-order chi connectivity index (χ0) is 31.4. The van der Waals surface area contributed by atoms with Crippen molar-refractivity contribution in [2.75, 3.05) is 13.2 Å². The Morgan fingerprint density at radius 1 is 1.14 bits per heavy atom. The molecule has 224 valence electrons. The number of hydrogen-bond donors (Lipinski definition) is 0. The molecule has 44 heavy (non-hydrogen) atoms. The zero-order valence-electron chi connectivity index (χ0n) is 24.1. The fraction of sp³-hybridized carbons (Fsp3) is 0.212. The predicted molar refractivity (Wildman–Crippen MR) is 178 cm³/mol. The number of hydrogen-bond acceptors (Lipinski definition) is 8. The maximum atomic E-state index is 14.1. The number of allylic oxidation sites excluding steroid dienone is 1. The molecule has 0 fully saturated rings. The maximum Gasteiger partial charge on any atom is 0.338 e. The third-order valence-corrected chi connectivity index (χ3v) is 8.86. The summed E-state index contributed by atoms with van der Waals surface area (Å²) in [4.78, 5) is 32.4. The number of carbonyl (C=O) groups excluding carboxylic acids is 1. The highest BCUT2D eigenvalue weighted by molar-refractivity contribution is 14.1. The number of nitriles is 1. The molecule has 0 saturated carbocycles. The van der Waals surface area contributed by atoms with Crippen LogP contribution in [0.3, 0.4) is 0 Å². The lowest BCUT2D eigenvalue weighted by molar-refractivity contribution is -0.139. The van der Waals surface area contributed by atoms with Crippen molar-refractivity contribution in [2.45, 2.75) is 33.4 Å². The van der Waals surface area contributed by atoms with Crippen LogP contribution in [0.15, 0.2) is 81.7 Å². The highest BCUT2D eigenvalue weighted by Crippen LogP contribution is 2.33. The third-order valence-electron chi connectivity index (χ3n) is 6.86. The van der Waals surface area contributed by atoms with Gasteiger partial charge in [-0.25, -0.2) is 9.79 Å². The molecule has 0 bridgehead atoms. The number of fused-ring (bicyclic) bond motifs is 1. The third kappa shape index (κ3) is 6.45. The molecule has 11 heteroatoms. The van der Waals surface area contributed by atoms with E-state index in [1.54, 1.807) is 44.2 Å². The highest BCUT2D eigenvalue weighted by Gasteiger charge is 2.33. The number of esters is 1. The second-order valence-corrected chi connectivity index (χ2v) is 12.3. The van der Waals surface area contributed by atoms with Crippen LogP contribution in [-0.4, -0.2) is 23.8 Å². The average Bonchev–Trinajstić information content (AvgIpc) is 3.30. The van der Waals surface area contributed by atoms with Gasteiger partial charge in [0, 0.05) is 16.1 Å². The van der Waals surface area contributed by atoms with Gasteiger partial charge in [-0.15, -0.1) is 0 Å². The van der Waals surface area contributed by atoms with E-state index in [0.717, 1.165) is 14.7 Å². The predicted octanol–water partition coefficient (Wildman–Crippen LogP) is 5.91. The van der Waals surface area contributed by atoms with E-state index >= 15 is 0 Å². The van der Waals surface area contributed by atoms with E-state index < -0.39 is 12.0 Å². The Hall–Kier alpha value is -3.92. The van der Waals surface area contributed by atoms with E-state index in [1.165, 1.54) is 15.9 Å². The molecule has 0 radical (unpaired) electrons. The summed E-state index contributed by atoms with van der Waals surface area (Å²) in [6, 6.07) is 19.5. The standard InChI is InChI=1S/C33H27ClIN3O5S/c1-4-41-25-12-10-20(11-13-25)29-28(32(40)42-5-2)19(3)37-33-38(29)31(39)27(44-33)15-23-14-24(34)16-26(35)30(23)43-18-22-9-7-6-8-21(22)17-36/h6-16,29H,4-5,18H2,1-3H3/b27-15-/t29-/m1/s1. The van der Waals surface area contributed by atoms with Crippen molar-refractivity contribution in [3.05, 3.63) is 122 Å². The van der Waals surface area contributed by atoms with Crippen molar-refractivity contribution < 1.29 is 19.0 Å². The van der Waals surface area contributed by atoms with Crippen LogP contribution in [0.1, 0.15) is 49.1 Å². The van der Waals surface area contributed by atoms with Crippen LogP contribution in [0, 0.1) is 14.9 Å². The normalized spacial score (nSPS) is 14.5. The van der Waals surface area contributed by atoms with Gasteiger partial charge in [-0.2, -0.15) is 5.26 Å². The number of rotatable bonds is 9.